The van der Waals surface area contributed by atoms with Crippen molar-refractivity contribution in [1.82, 2.24) is 10.2 Å². The first kappa shape index (κ1) is 18.9. The van der Waals surface area contributed by atoms with Crippen molar-refractivity contribution in [3.05, 3.63) is 0 Å². The van der Waals surface area contributed by atoms with Crippen LogP contribution in [0.3, 0.4) is 0 Å². The van der Waals surface area contributed by atoms with Crippen LogP contribution in [0.2, 0.25) is 0 Å². The Labute approximate surface area is 133 Å². The van der Waals surface area contributed by atoms with Gasteiger partial charge in [-0.2, -0.15) is 0 Å². The van der Waals surface area contributed by atoms with E-state index < -0.39 is 0 Å². The van der Waals surface area contributed by atoms with Gasteiger partial charge in [-0.3, -0.25) is 9.89 Å². The van der Waals surface area contributed by atoms with Gasteiger partial charge in [-0.15, -0.1) is 24.0 Å². The summed E-state index contributed by atoms with van der Waals surface area (Å²) < 4.78 is 10.2. The normalized spacial score (nSPS) is 17.0. The van der Waals surface area contributed by atoms with E-state index in [1.807, 2.05) is 0 Å². The number of aliphatic imine (C=N–C) groups is 1. The molecule has 7 heteroatoms. The van der Waals surface area contributed by atoms with Gasteiger partial charge in [-0.25, -0.2) is 0 Å². The van der Waals surface area contributed by atoms with Crippen LogP contribution >= 0.6 is 24.0 Å². The molecule has 0 aromatic rings. The van der Waals surface area contributed by atoms with Gasteiger partial charge < -0.3 is 20.5 Å². The predicted molar refractivity (Wildman–Crippen MR) is 88.3 cm³/mol. The lowest BCUT2D eigenvalue weighted by molar-refractivity contribution is 0.0376. The highest BCUT2D eigenvalue weighted by atomic mass is 127. The Morgan fingerprint density at radius 1 is 1.37 bits per heavy atom. The number of hydrogen-bond donors (Lipinski definition) is 2. The minimum Gasteiger partial charge on any atom is -0.385 e. The van der Waals surface area contributed by atoms with Crippen molar-refractivity contribution in [1.29, 1.82) is 0 Å². The molecule has 1 saturated heterocycles. The zero-order valence-electron chi connectivity index (χ0n) is 11.8. The van der Waals surface area contributed by atoms with E-state index in [1.54, 1.807) is 7.11 Å². The van der Waals surface area contributed by atoms with Crippen molar-refractivity contribution < 1.29 is 9.47 Å². The largest absolute Gasteiger partial charge is 0.385 e. The number of rotatable bonds is 8. The summed E-state index contributed by atoms with van der Waals surface area (Å²) in [5.74, 6) is 0.535. The van der Waals surface area contributed by atoms with Crippen LogP contribution in [0.4, 0.5) is 0 Å². The van der Waals surface area contributed by atoms with Gasteiger partial charge in [0.15, 0.2) is 5.96 Å². The van der Waals surface area contributed by atoms with Gasteiger partial charge >= 0.3 is 0 Å². The summed E-state index contributed by atoms with van der Waals surface area (Å²) in [6, 6.07) is 0. The van der Waals surface area contributed by atoms with Crippen LogP contribution in [0.25, 0.3) is 0 Å². The average molecular weight is 386 g/mol. The van der Waals surface area contributed by atoms with Gasteiger partial charge in [-0.05, 0) is 19.4 Å². The number of nitrogens with one attached hydrogen (secondary N) is 1. The number of morpholine rings is 1. The first-order valence-electron chi connectivity index (χ1n) is 6.66. The van der Waals surface area contributed by atoms with Crippen LogP contribution < -0.4 is 11.1 Å². The Morgan fingerprint density at radius 3 is 2.79 bits per heavy atom. The van der Waals surface area contributed by atoms with Crippen molar-refractivity contribution in [2.75, 3.05) is 59.7 Å². The molecule has 0 radical (unpaired) electrons. The molecule has 0 spiro atoms. The molecule has 0 aromatic heterocycles. The first-order chi connectivity index (χ1) is 8.83. The summed E-state index contributed by atoms with van der Waals surface area (Å²) in [5.41, 5.74) is 5.74. The third kappa shape index (κ3) is 10.3. The van der Waals surface area contributed by atoms with Gasteiger partial charge in [0.25, 0.3) is 0 Å². The molecule has 0 atom stereocenters. The fourth-order valence-electron chi connectivity index (χ4n) is 1.81. The maximum Gasteiger partial charge on any atom is 0.188 e. The van der Waals surface area contributed by atoms with Gasteiger partial charge in [0.1, 0.15) is 0 Å². The van der Waals surface area contributed by atoms with Crippen LogP contribution in [0, 0.1) is 0 Å². The maximum atomic E-state index is 5.74. The molecule has 1 heterocycles. The smallest absolute Gasteiger partial charge is 0.188 e. The number of nitrogens with two attached hydrogens (primary N) is 1. The number of halogens is 1. The van der Waals surface area contributed by atoms with Crippen molar-refractivity contribution in [2.24, 2.45) is 10.7 Å². The molecular weight excluding hydrogens is 359 g/mol. The third-order valence-corrected chi connectivity index (χ3v) is 2.85. The van der Waals surface area contributed by atoms with Crippen molar-refractivity contribution in [2.45, 2.75) is 12.8 Å². The molecule has 0 unspecified atom stereocenters. The molecule has 3 N–H and O–H groups in total. The van der Waals surface area contributed by atoms with Gasteiger partial charge in [-0.1, -0.05) is 0 Å². The maximum absolute atomic E-state index is 5.74. The molecule has 1 rings (SSSR count). The fourth-order valence-corrected chi connectivity index (χ4v) is 1.81. The summed E-state index contributed by atoms with van der Waals surface area (Å²) in [4.78, 5) is 6.63. The molecule has 0 aromatic carbocycles. The van der Waals surface area contributed by atoms with Crippen LogP contribution in [-0.4, -0.2) is 70.5 Å². The number of hydrogen-bond acceptors (Lipinski definition) is 4. The lowest BCUT2D eigenvalue weighted by Gasteiger charge is -2.26. The molecule has 0 saturated carbocycles. The lowest BCUT2D eigenvalue weighted by Crippen LogP contribution is -2.39. The SMILES string of the molecule is COCCCN=C(N)NCCCN1CCOCC1.I. The van der Waals surface area contributed by atoms with Crippen molar-refractivity contribution >= 4 is 29.9 Å². The molecule has 0 bridgehead atoms. The number of guanidine groups is 1. The molecule has 19 heavy (non-hydrogen) atoms. The molecule has 0 aliphatic carbocycles. The zero-order chi connectivity index (χ0) is 13.1. The van der Waals surface area contributed by atoms with E-state index in [1.165, 1.54) is 0 Å². The van der Waals surface area contributed by atoms with Gasteiger partial charge in [0.05, 0.1) is 13.2 Å². The lowest BCUT2D eigenvalue weighted by atomic mass is 10.3. The highest BCUT2D eigenvalue weighted by molar-refractivity contribution is 14.0. The first-order valence-corrected chi connectivity index (χ1v) is 6.66. The van der Waals surface area contributed by atoms with Crippen molar-refractivity contribution in [3.8, 4) is 0 Å². The quantitative estimate of drug-likeness (QED) is 0.271. The number of ether oxygens (including phenoxy) is 2. The topological polar surface area (TPSA) is 72.1 Å². The predicted octanol–water partition coefficient (Wildman–Crippen LogP) is 0.268. The van der Waals surface area contributed by atoms with E-state index >= 15 is 0 Å². The highest BCUT2D eigenvalue weighted by Gasteiger charge is 2.08. The molecule has 114 valence electrons. The number of methoxy groups -OCH3 is 1. The van der Waals surface area contributed by atoms with E-state index in [4.69, 9.17) is 15.2 Å². The Bertz CT molecular complexity index is 236. The van der Waals surface area contributed by atoms with Crippen LogP contribution in [0.5, 0.6) is 0 Å². The number of nitrogens with zero attached hydrogens (tertiary/aromatic N) is 2. The van der Waals surface area contributed by atoms with Gasteiger partial charge in [0, 0.05) is 39.9 Å². The van der Waals surface area contributed by atoms with E-state index in [0.29, 0.717) is 5.96 Å². The van der Waals surface area contributed by atoms with E-state index in [2.05, 4.69) is 15.2 Å². The molecule has 1 fully saturated rings. The summed E-state index contributed by atoms with van der Waals surface area (Å²) in [6.45, 7) is 7.21. The minimum absolute atomic E-state index is 0. The van der Waals surface area contributed by atoms with E-state index in [0.717, 1.165) is 65.4 Å². The summed E-state index contributed by atoms with van der Waals surface area (Å²) in [5, 5.41) is 3.13. The Morgan fingerprint density at radius 2 is 2.11 bits per heavy atom. The molecule has 1 aliphatic rings. The van der Waals surface area contributed by atoms with E-state index in [-0.39, 0.29) is 24.0 Å². The third-order valence-electron chi connectivity index (χ3n) is 2.85. The second-order valence-electron chi connectivity index (χ2n) is 4.35. The summed E-state index contributed by atoms with van der Waals surface area (Å²) in [6.07, 6.45) is 1.99. The zero-order valence-corrected chi connectivity index (χ0v) is 14.1. The van der Waals surface area contributed by atoms with Crippen LogP contribution in [0.1, 0.15) is 12.8 Å². The average Bonchev–Trinajstić information content (AvgIpc) is 2.41. The fraction of sp³-hybridized carbons (Fsp3) is 0.917. The van der Waals surface area contributed by atoms with Crippen molar-refractivity contribution in [3.63, 3.8) is 0 Å². The van der Waals surface area contributed by atoms with Crippen LogP contribution in [0.15, 0.2) is 4.99 Å². The Hall–Kier alpha value is -0.120. The second kappa shape index (κ2) is 12.9. The standard InChI is InChI=1S/C12H26N4O2.HI/c1-17-9-3-5-15-12(13)14-4-2-6-16-7-10-18-11-8-16;/h2-11H2,1H3,(H3,13,14,15);1H. The molecular formula is C12H27IN4O2. The van der Waals surface area contributed by atoms with Crippen LogP contribution in [-0.2, 0) is 9.47 Å². The molecule has 1 aliphatic heterocycles. The monoisotopic (exact) mass is 386 g/mol. The minimum atomic E-state index is 0. The summed E-state index contributed by atoms with van der Waals surface area (Å²) >= 11 is 0. The van der Waals surface area contributed by atoms with Gasteiger partial charge in [0.2, 0.25) is 0 Å². The van der Waals surface area contributed by atoms with E-state index in [9.17, 15) is 0 Å². The molecule has 6 nitrogen and oxygen atoms in total. The second-order valence-corrected chi connectivity index (χ2v) is 4.35. The Balaban J connectivity index is 0.00000324. The highest BCUT2D eigenvalue weighted by Crippen LogP contribution is 1.97. The summed E-state index contributed by atoms with van der Waals surface area (Å²) in [7, 11) is 1.69. The molecule has 0 amide bonds. The Kier molecular flexibility index (Phi) is 12.8.